The van der Waals surface area contributed by atoms with Crippen molar-refractivity contribution in [3.63, 3.8) is 0 Å². The molecule has 0 aromatic heterocycles. The predicted molar refractivity (Wildman–Crippen MR) is 94.9 cm³/mol. The number of nitrogens with zero attached hydrogens (tertiary/aromatic N) is 2. The summed E-state index contributed by atoms with van der Waals surface area (Å²) in [6.07, 6.45) is 2.50. The molecule has 3 rings (SSSR count). The fourth-order valence-electron chi connectivity index (χ4n) is 3.15. The quantitative estimate of drug-likeness (QED) is 0.835. The van der Waals surface area contributed by atoms with Gasteiger partial charge in [0.05, 0.1) is 19.3 Å². The summed E-state index contributed by atoms with van der Waals surface area (Å²) in [4.78, 5) is 17.1. The largest absolute Gasteiger partial charge is 0.379 e. The lowest BCUT2D eigenvalue weighted by Crippen LogP contribution is -2.46. The van der Waals surface area contributed by atoms with Crippen molar-refractivity contribution in [3.8, 4) is 0 Å². The van der Waals surface area contributed by atoms with Crippen LogP contribution in [0.5, 0.6) is 0 Å². The van der Waals surface area contributed by atoms with E-state index >= 15 is 0 Å². The molecule has 0 radical (unpaired) electrons. The highest BCUT2D eigenvalue weighted by Crippen LogP contribution is 2.32. The van der Waals surface area contributed by atoms with Crippen LogP contribution in [0.3, 0.4) is 0 Å². The lowest BCUT2D eigenvalue weighted by molar-refractivity contribution is 0.0385. The van der Waals surface area contributed by atoms with E-state index in [9.17, 15) is 4.79 Å². The predicted octanol–water partition coefficient (Wildman–Crippen LogP) is 2.50. The second kappa shape index (κ2) is 8.49. The Balaban J connectivity index is 1.52. The minimum Gasteiger partial charge on any atom is -0.379 e. The number of urea groups is 1. The molecular weight excluding hydrogens is 302 g/mol. The van der Waals surface area contributed by atoms with Gasteiger partial charge in [-0.2, -0.15) is 0 Å². The molecule has 2 aliphatic rings. The number of nitrogens with one attached hydrogen (secondary N) is 1. The SMILES string of the molecule is C[C@H](c1ccccc1)N(CC1CC1)C(=O)NCCN1CCOCC1. The molecule has 0 unspecified atom stereocenters. The van der Waals surface area contributed by atoms with Crippen molar-refractivity contribution in [2.75, 3.05) is 45.9 Å². The first-order valence-corrected chi connectivity index (χ1v) is 9.13. The maximum absolute atomic E-state index is 12.7. The molecule has 0 spiro atoms. The maximum Gasteiger partial charge on any atom is 0.317 e. The number of carbonyl (C=O) groups excluding carboxylic acids is 1. The lowest BCUT2D eigenvalue weighted by Gasteiger charge is -2.31. The van der Waals surface area contributed by atoms with Crippen molar-refractivity contribution >= 4 is 6.03 Å². The average molecular weight is 331 g/mol. The van der Waals surface area contributed by atoms with Crippen LogP contribution in [0.1, 0.15) is 31.4 Å². The summed E-state index contributed by atoms with van der Waals surface area (Å²) in [5.41, 5.74) is 1.20. The Morgan fingerprint density at radius 2 is 2.00 bits per heavy atom. The average Bonchev–Trinajstić information content (AvgIpc) is 3.45. The van der Waals surface area contributed by atoms with Crippen molar-refractivity contribution < 1.29 is 9.53 Å². The van der Waals surface area contributed by atoms with Gasteiger partial charge in [0.1, 0.15) is 0 Å². The first-order valence-electron chi connectivity index (χ1n) is 9.13. The number of carbonyl (C=O) groups is 1. The van der Waals surface area contributed by atoms with Crippen molar-refractivity contribution in [3.05, 3.63) is 35.9 Å². The Bertz CT molecular complexity index is 513. The molecule has 1 aliphatic carbocycles. The van der Waals surface area contributed by atoms with E-state index in [0.717, 1.165) is 39.4 Å². The van der Waals surface area contributed by atoms with E-state index in [0.29, 0.717) is 12.5 Å². The molecule has 1 aliphatic heterocycles. The topological polar surface area (TPSA) is 44.8 Å². The monoisotopic (exact) mass is 331 g/mol. The van der Waals surface area contributed by atoms with Gasteiger partial charge in [-0.25, -0.2) is 4.79 Å². The fraction of sp³-hybridized carbons (Fsp3) is 0.632. The summed E-state index contributed by atoms with van der Waals surface area (Å²) < 4.78 is 5.36. The van der Waals surface area contributed by atoms with Gasteiger partial charge in [-0.1, -0.05) is 30.3 Å². The van der Waals surface area contributed by atoms with Crippen LogP contribution in [0.15, 0.2) is 30.3 Å². The molecule has 1 aromatic rings. The van der Waals surface area contributed by atoms with E-state index in [1.807, 2.05) is 23.1 Å². The number of amides is 2. The van der Waals surface area contributed by atoms with Gasteiger partial charge in [-0.3, -0.25) is 4.90 Å². The molecular formula is C19H29N3O2. The summed E-state index contributed by atoms with van der Waals surface area (Å²) in [6.45, 7) is 8.09. The van der Waals surface area contributed by atoms with E-state index in [4.69, 9.17) is 4.74 Å². The highest BCUT2D eigenvalue weighted by molar-refractivity contribution is 5.74. The normalized spacial score (nSPS) is 19.7. The molecule has 5 nitrogen and oxygen atoms in total. The van der Waals surface area contributed by atoms with Crippen LogP contribution in [0.2, 0.25) is 0 Å². The second-order valence-electron chi connectivity index (χ2n) is 6.87. The fourth-order valence-corrected chi connectivity index (χ4v) is 3.15. The molecule has 132 valence electrons. The molecule has 24 heavy (non-hydrogen) atoms. The zero-order valence-corrected chi connectivity index (χ0v) is 14.6. The van der Waals surface area contributed by atoms with E-state index < -0.39 is 0 Å². The van der Waals surface area contributed by atoms with Gasteiger partial charge >= 0.3 is 6.03 Å². The number of benzene rings is 1. The van der Waals surface area contributed by atoms with Gasteiger partial charge in [0, 0.05) is 32.7 Å². The van der Waals surface area contributed by atoms with Crippen molar-refractivity contribution in [1.82, 2.24) is 15.1 Å². The van der Waals surface area contributed by atoms with Crippen LogP contribution in [0.4, 0.5) is 4.79 Å². The summed E-state index contributed by atoms with van der Waals surface area (Å²) >= 11 is 0. The third-order valence-corrected chi connectivity index (χ3v) is 4.97. The van der Waals surface area contributed by atoms with Gasteiger partial charge in [-0.15, -0.1) is 0 Å². The smallest absolute Gasteiger partial charge is 0.317 e. The summed E-state index contributed by atoms with van der Waals surface area (Å²) in [6, 6.07) is 10.5. The standard InChI is InChI=1S/C19H29N3O2/c1-16(18-5-3-2-4-6-18)22(15-17-7-8-17)19(23)20-9-10-21-11-13-24-14-12-21/h2-6,16-17H,7-15H2,1H3,(H,20,23)/t16-/m1/s1. The van der Waals surface area contributed by atoms with E-state index in [2.05, 4.69) is 29.3 Å². The van der Waals surface area contributed by atoms with Crippen LogP contribution >= 0.6 is 0 Å². The van der Waals surface area contributed by atoms with Crippen molar-refractivity contribution in [2.45, 2.75) is 25.8 Å². The minimum absolute atomic E-state index is 0.0616. The molecule has 1 saturated heterocycles. The third-order valence-electron chi connectivity index (χ3n) is 4.97. The minimum atomic E-state index is 0.0616. The molecule has 2 amide bonds. The Labute approximate surface area is 145 Å². The van der Waals surface area contributed by atoms with Gasteiger partial charge in [0.2, 0.25) is 0 Å². The van der Waals surface area contributed by atoms with Crippen molar-refractivity contribution in [1.29, 1.82) is 0 Å². The highest BCUT2D eigenvalue weighted by Gasteiger charge is 2.30. The summed E-state index contributed by atoms with van der Waals surface area (Å²) in [7, 11) is 0. The van der Waals surface area contributed by atoms with Crippen LogP contribution in [0, 0.1) is 5.92 Å². The van der Waals surface area contributed by atoms with Crippen LogP contribution in [-0.2, 0) is 4.74 Å². The molecule has 1 saturated carbocycles. The molecule has 1 aromatic carbocycles. The van der Waals surface area contributed by atoms with Crippen LogP contribution in [0.25, 0.3) is 0 Å². The molecule has 0 bridgehead atoms. The number of ether oxygens (including phenoxy) is 1. The number of morpholine rings is 1. The summed E-state index contributed by atoms with van der Waals surface area (Å²) in [5.74, 6) is 0.682. The zero-order chi connectivity index (χ0) is 16.8. The van der Waals surface area contributed by atoms with Crippen LogP contribution < -0.4 is 5.32 Å². The third kappa shape index (κ3) is 4.95. The number of rotatable bonds is 7. The first-order chi connectivity index (χ1) is 11.7. The van der Waals surface area contributed by atoms with Gasteiger partial charge in [0.15, 0.2) is 0 Å². The lowest BCUT2D eigenvalue weighted by atomic mass is 10.1. The number of hydrogen-bond donors (Lipinski definition) is 1. The maximum atomic E-state index is 12.7. The molecule has 1 heterocycles. The second-order valence-corrected chi connectivity index (χ2v) is 6.87. The Morgan fingerprint density at radius 1 is 1.29 bits per heavy atom. The highest BCUT2D eigenvalue weighted by atomic mass is 16.5. The van der Waals surface area contributed by atoms with Gasteiger partial charge < -0.3 is 15.0 Å². The van der Waals surface area contributed by atoms with E-state index in [1.165, 1.54) is 18.4 Å². The van der Waals surface area contributed by atoms with E-state index in [-0.39, 0.29) is 12.1 Å². The number of hydrogen-bond acceptors (Lipinski definition) is 3. The zero-order valence-electron chi connectivity index (χ0n) is 14.6. The molecule has 5 heteroatoms. The van der Waals surface area contributed by atoms with Gasteiger partial charge in [-0.05, 0) is 31.2 Å². The molecule has 2 fully saturated rings. The van der Waals surface area contributed by atoms with Crippen molar-refractivity contribution in [2.24, 2.45) is 5.92 Å². The first kappa shape index (κ1) is 17.2. The molecule has 1 atom stereocenters. The molecule has 1 N–H and O–H groups in total. The van der Waals surface area contributed by atoms with Gasteiger partial charge in [0.25, 0.3) is 0 Å². The van der Waals surface area contributed by atoms with E-state index in [1.54, 1.807) is 0 Å². The Morgan fingerprint density at radius 3 is 2.67 bits per heavy atom. The Hall–Kier alpha value is -1.59. The Kier molecular flexibility index (Phi) is 6.10. The summed E-state index contributed by atoms with van der Waals surface area (Å²) in [5, 5.41) is 3.12. The van der Waals surface area contributed by atoms with Crippen LogP contribution in [-0.4, -0.2) is 61.8 Å².